The first-order valence-electron chi connectivity index (χ1n) is 10.4. The first-order chi connectivity index (χ1) is 13.2. The molecule has 1 aromatic heterocycles. The first kappa shape index (κ1) is 23.1. The van der Waals surface area contributed by atoms with Gasteiger partial charge in [0.1, 0.15) is 0 Å². The van der Waals surface area contributed by atoms with Crippen molar-refractivity contribution in [3.8, 4) is 0 Å². The van der Waals surface area contributed by atoms with Crippen molar-refractivity contribution in [1.82, 2.24) is 25.1 Å². The summed E-state index contributed by atoms with van der Waals surface area (Å²) in [5.41, 5.74) is 0. The van der Waals surface area contributed by atoms with Crippen molar-refractivity contribution in [2.45, 2.75) is 26.7 Å². The van der Waals surface area contributed by atoms with Crippen LogP contribution >= 0.6 is 24.0 Å². The highest BCUT2D eigenvalue weighted by atomic mass is 127. The maximum absolute atomic E-state index is 4.53. The van der Waals surface area contributed by atoms with Crippen LogP contribution in [0.3, 0.4) is 0 Å². The number of nitrogens with zero attached hydrogens (tertiary/aromatic N) is 6. The van der Waals surface area contributed by atoms with Gasteiger partial charge >= 0.3 is 0 Å². The van der Waals surface area contributed by atoms with Crippen LogP contribution in [-0.2, 0) is 0 Å². The van der Waals surface area contributed by atoms with Gasteiger partial charge in [0.25, 0.3) is 0 Å². The highest BCUT2D eigenvalue weighted by molar-refractivity contribution is 14.0. The number of rotatable bonds is 5. The average Bonchev–Trinajstić information content (AvgIpc) is 2.69. The lowest BCUT2D eigenvalue weighted by molar-refractivity contribution is 0.159. The SMILES string of the molecule is CN=C(NCC1CCCN(CC(C)C)C1)N1CCN(c2ncccn2)CC1.I. The number of nitrogens with one attached hydrogen (secondary N) is 1. The van der Waals surface area contributed by atoms with Crippen molar-refractivity contribution in [3.05, 3.63) is 18.5 Å². The first-order valence-corrected chi connectivity index (χ1v) is 10.4. The lowest BCUT2D eigenvalue weighted by atomic mass is 9.97. The van der Waals surface area contributed by atoms with E-state index in [0.29, 0.717) is 5.92 Å². The molecule has 0 amide bonds. The van der Waals surface area contributed by atoms with Crippen LogP contribution in [0.1, 0.15) is 26.7 Å². The largest absolute Gasteiger partial charge is 0.356 e. The van der Waals surface area contributed by atoms with Gasteiger partial charge in [-0.25, -0.2) is 9.97 Å². The Labute approximate surface area is 187 Å². The Hall–Kier alpha value is -1.16. The summed E-state index contributed by atoms with van der Waals surface area (Å²) < 4.78 is 0. The zero-order valence-electron chi connectivity index (χ0n) is 17.5. The quantitative estimate of drug-likeness (QED) is 0.379. The summed E-state index contributed by atoms with van der Waals surface area (Å²) in [5.74, 6) is 3.32. The molecule has 2 fully saturated rings. The maximum atomic E-state index is 4.53. The highest BCUT2D eigenvalue weighted by Crippen LogP contribution is 2.17. The molecule has 28 heavy (non-hydrogen) atoms. The van der Waals surface area contributed by atoms with E-state index >= 15 is 0 Å². The lowest BCUT2D eigenvalue weighted by Gasteiger charge is -2.38. The van der Waals surface area contributed by atoms with Gasteiger partial charge in [-0.3, -0.25) is 4.99 Å². The molecule has 0 saturated carbocycles. The Morgan fingerprint density at radius 3 is 2.54 bits per heavy atom. The molecule has 2 aliphatic heterocycles. The van der Waals surface area contributed by atoms with Gasteiger partial charge in [-0.2, -0.15) is 0 Å². The molecular weight excluding hydrogens is 465 g/mol. The van der Waals surface area contributed by atoms with Gasteiger partial charge < -0.3 is 20.0 Å². The van der Waals surface area contributed by atoms with Crippen molar-refractivity contribution in [1.29, 1.82) is 0 Å². The second-order valence-electron chi connectivity index (χ2n) is 8.11. The Bertz CT molecular complexity index is 587. The van der Waals surface area contributed by atoms with Gasteiger partial charge in [0.05, 0.1) is 0 Å². The van der Waals surface area contributed by atoms with Crippen molar-refractivity contribution >= 4 is 35.9 Å². The van der Waals surface area contributed by atoms with Crippen molar-refractivity contribution < 1.29 is 0 Å². The Kier molecular flexibility index (Phi) is 9.70. The number of guanidine groups is 1. The summed E-state index contributed by atoms with van der Waals surface area (Å²) >= 11 is 0. The van der Waals surface area contributed by atoms with Crippen LogP contribution in [0.2, 0.25) is 0 Å². The monoisotopic (exact) mass is 501 g/mol. The Morgan fingerprint density at radius 1 is 1.18 bits per heavy atom. The highest BCUT2D eigenvalue weighted by Gasteiger charge is 2.23. The average molecular weight is 501 g/mol. The van der Waals surface area contributed by atoms with Crippen LogP contribution in [-0.4, -0.2) is 85.1 Å². The molecule has 0 bridgehead atoms. The third-order valence-corrected chi connectivity index (χ3v) is 5.40. The molecule has 0 aromatic carbocycles. The molecule has 2 saturated heterocycles. The molecule has 1 unspecified atom stereocenters. The molecule has 3 rings (SSSR count). The van der Waals surface area contributed by atoms with Crippen LogP contribution in [0.4, 0.5) is 5.95 Å². The van der Waals surface area contributed by atoms with E-state index in [0.717, 1.165) is 50.5 Å². The summed E-state index contributed by atoms with van der Waals surface area (Å²) in [6.07, 6.45) is 6.25. The van der Waals surface area contributed by atoms with Gasteiger partial charge in [0, 0.05) is 65.3 Å². The predicted molar refractivity (Wildman–Crippen MR) is 127 cm³/mol. The number of piperazine rings is 1. The van der Waals surface area contributed by atoms with Gasteiger partial charge in [0.15, 0.2) is 5.96 Å². The van der Waals surface area contributed by atoms with Crippen LogP contribution < -0.4 is 10.2 Å². The van der Waals surface area contributed by atoms with E-state index in [1.807, 2.05) is 25.5 Å². The number of hydrogen-bond donors (Lipinski definition) is 1. The van der Waals surface area contributed by atoms with Gasteiger partial charge in [0.2, 0.25) is 5.95 Å². The molecule has 2 aliphatic rings. The fraction of sp³-hybridized carbons (Fsp3) is 0.750. The summed E-state index contributed by atoms with van der Waals surface area (Å²) in [4.78, 5) is 20.5. The minimum Gasteiger partial charge on any atom is -0.356 e. The van der Waals surface area contributed by atoms with E-state index < -0.39 is 0 Å². The Morgan fingerprint density at radius 2 is 1.89 bits per heavy atom. The van der Waals surface area contributed by atoms with E-state index in [9.17, 15) is 0 Å². The van der Waals surface area contributed by atoms with Crippen molar-refractivity contribution in [2.75, 3.05) is 64.3 Å². The number of hydrogen-bond acceptors (Lipinski definition) is 5. The van der Waals surface area contributed by atoms with E-state index in [2.05, 4.69) is 48.8 Å². The maximum Gasteiger partial charge on any atom is 0.225 e. The summed E-state index contributed by atoms with van der Waals surface area (Å²) in [6, 6.07) is 1.86. The second-order valence-corrected chi connectivity index (χ2v) is 8.11. The molecule has 8 heteroatoms. The molecule has 7 nitrogen and oxygen atoms in total. The number of likely N-dealkylation sites (tertiary alicyclic amines) is 1. The molecular formula is C20H36IN7. The van der Waals surface area contributed by atoms with Gasteiger partial charge in [-0.15, -0.1) is 24.0 Å². The van der Waals surface area contributed by atoms with Crippen LogP contribution in [0.5, 0.6) is 0 Å². The summed E-state index contributed by atoms with van der Waals surface area (Å²) in [7, 11) is 1.89. The minimum atomic E-state index is 0. The fourth-order valence-corrected chi connectivity index (χ4v) is 4.14. The lowest BCUT2D eigenvalue weighted by Crippen LogP contribution is -2.54. The van der Waals surface area contributed by atoms with Crippen LogP contribution in [0, 0.1) is 11.8 Å². The van der Waals surface area contributed by atoms with Crippen molar-refractivity contribution in [3.63, 3.8) is 0 Å². The van der Waals surface area contributed by atoms with Crippen LogP contribution in [0.15, 0.2) is 23.5 Å². The topological polar surface area (TPSA) is 59.9 Å². The third-order valence-electron chi connectivity index (χ3n) is 5.40. The van der Waals surface area contributed by atoms with E-state index in [-0.39, 0.29) is 24.0 Å². The number of piperidine rings is 1. The van der Waals surface area contributed by atoms with Crippen molar-refractivity contribution in [2.24, 2.45) is 16.8 Å². The Balaban J connectivity index is 0.00000280. The normalized spacial score (nSPS) is 21.6. The number of anilines is 1. The van der Waals surface area contributed by atoms with E-state index in [4.69, 9.17) is 0 Å². The smallest absolute Gasteiger partial charge is 0.225 e. The summed E-state index contributed by atoms with van der Waals surface area (Å²) in [5, 5.41) is 3.64. The molecule has 1 N–H and O–H groups in total. The number of aromatic nitrogens is 2. The fourth-order valence-electron chi connectivity index (χ4n) is 4.14. The molecule has 3 heterocycles. The third kappa shape index (κ3) is 6.72. The van der Waals surface area contributed by atoms with Gasteiger partial charge in [-0.05, 0) is 37.3 Å². The molecule has 0 radical (unpaired) electrons. The van der Waals surface area contributed by atoms with Gasteiger partial charge in [-0.1, -0.05) is 13.8 Å². The number of aliphatic imine (C=N–C) groups is 1. The molecule has 0 aliphatic carbocycles. The minimum absolute atomic E-state index is 0. The molecule has 1 atom stereocenters. The van der Waals surface area contributed by atoms with E-state index in [1.54, 1.807) is 0 Å². The zero-order valence-corrected chi connectivity index (χ0v) is 19.9. The molecule has 0 spiro atoms. The standard InChI is InChI=1S/C20H35N7.HI/c1-17(2)15-25-9-4-6-18(16-25)14-24-19(21-3)26-10-12-27(13-11-26)20-22-7-5-8-23-20;/h5,7-8,17-18H,4,6,9-16H2,1-3H3,(H,21,24);1H. The second kappa shape index (κ2) is 11.7. The summed E-state index contributed by atoms with van der Waals surface area (Å²) in [6.45, 7) is 13.1. The predicted octanol–water partition coefficient (Wildman–Crippen LogP) is 2.16. The van der Waals surface area contributed by atoms with Crippen LogP contribution in [0.25, 0.3) is 0 Å². The molecule has 1 aromatic rings. The number of halogens is 1. The zero-order chi connectivity index (χ0) is 19.1. The van der Waals surface area contributed by atoms with E-state index in [1.165, 1.54) is 32.5 Å². The molecule has 158 valence electrons.